The lowest BCUT2D eigenvalue weighted by Crippen LogP contribution is -2.45. The Kier molecular flexibility index (Phi) is 5.75. The van der Waals surface area contributed by atoms with Crippen LogP contribution in [0.1, 0.15) is 43.1 Å². The fraction of sp³-hybridized carbons (Fsp3) is 0.526. The summed E-state index contributed by atoms with van der Waals surface area (Å²) < 4.78 is 7.15. The van der Waals surface area contributed by atoms with Crippen LogP contribution < -0.4 is 15.4 Å². The number of nitrogens with one attached hydrogen (secondary N) is 2. The first-order valence-electron chi connectivity index (χ1n) is 9.12. The number of guanidine groups is 1. The van der Waals surface area contributed by atoms with Gasteiger partial charge in [0, 0.05) is 50.6 Å². The largest absolute Gasteiger partial charge is 0.481 e. The van der Waals surface area contributed by atoms with Crippen LogP contribution in [-0.2, 0) is 19.4 Å². The summed E-state index contributed by atoms with van der Waals surface area (Å²) >= 11 is 0. The monoisotopic (exact) mass is 356 g/mol. The van der Waals surface area contributed by atoms with Gasteiger partial charge in [-0.2, -0.15) is 5.10 Å². The normalized spacial score (nSPS) is 17.1. The summed E-state index contributed by atoms with van der Waals surface area (Å²) in [6.45, 7) is 4.98. The van der Waals surface area contributed by atoms with Crippen molar-refractivity contribution in [3.63, 3.8) is 0 Å². The molecule has 0 bridgehead atoms. The number of methoxy groups -OCH3 is 1. The quantitative estimate of drug-likeness (QED) is 0.634. The Morgan fingerprint density at radius 1 is 1.42 bits per heavy atom. The Morgan fingerprint density at radius 3 is 2.92 bits per heavy atom. The Balaban J connectivity index is 1.54. The van der Waals surface area contributed by atoms with Crippen molar-refractivity contribution in [2.24, 2.45) is 4.99 Å². The van der Waals surface area contributed by atoms with Gasteiger partial charge in [-0.05, 0) is 37.8 Å². The van der Waals surface area contributed by atoms with Crippen LogP contribution in [0.3, 0.4) is 0 Å². The third-order valence-electron chi connectivity index (χ3n) is 4.66. The first-order chi connectivity index (χ1) is 12.6. The van der Waals surface area contributed by atoms with Crippen LogP contribution in [0.15, 0.2) is 29.5 Å². The Morgan fingerprint density at radius 2 is 2.27 bits per heavy atom. The van der Waals surface area contributed by atoms with Crippen LogP contribution in [-0.4, -0.2) is 40.9 Å². The standard InChI is InChI=1S/C19H28N6O/c1-13(2)25-12-15-6-7-16(9-17(15)24-25)23-19(20-3)22-11-14-5-8-18(26-4)21-10-14/h5,8,10,12-13,16H,6-7,9,11H2,1-4H3,(H2,20,22,23). The van der Waals surface area contributed by atoms with Crippen molar-refractivity contribution < 1.29 is 4.74 Å². The molecule has 1 aliphatic rings. The molecule has 26 heavy (non-hydrogen) atoms. The Labute approximate surface area is 154 Å². The van der Waals surface area contributed by atoms with Gasteiger partial charge in [0.2, 0.25) is 5.88 Å². The second-order valence-electron chi connectivity index (χ2n) is 6.89. The van der Waals surface area contributed by atoms with E-state index in [0.717, 1.165) is 30.8 Å². The lowest BCUT2D eigenvalue weighted by molar-refractivity contribution is 0.397. The van der Waals surface area contributed by atoms with E-state index in [9.17, 15) is 0 Å². The van der Waals surface area contributed by atoms with Crippen molar-refractivity contribution in [3.05, 3.63) is 41.3 Å². The Hall–Kier alpha value is -2.57. The maximum absolute atomic E-state index is 5.09. The molecule has 2 aromatic heterocycles. The van der Waals surface area contributed by atoms with Crippen molar-refractivity contribution in [1.82, 2.24) is 25.4 Å². The SMILES string of the molecule is CN=C(NCc1ccc(OC)nc1)NC1CCc2cn(C(C)C)nc2C1. The van der Waals surface area contributed by atoms with Crippen LogP contribution in [0.4, 0.5) is 0 Å². The van der Waals surface area contributed by atoms with Crippen LogP contribution in [0.5, 0.6) is 5.88 Å². The first-order valence-corrected chi connectivity index (χ1v) is 9.12. The summed E-state index contributed by atoms with van der Waals surface area (Å²) in [7, 11) is 3.41. The van der Waals surface area contributed by atoms with E-state index in [1.165, 1.54) is 11.3 Å². The molecule has 7 heteroatoms. The molecule has 0 spiro atoms. The van der Waals surface area contributed by atoms with Crippen LogP contribution in [0.2, 0.25) is 0 Å². The Bertz CT molecular complexity index is 750. The number of hydrogen-bond donors (Lipinski definition) is 2. The molecule has 1 atom stereocenters. The zero-order valence-electron chi connectivity index (χ0n) is 16.0. The molecule has 0 saturated heterocycles. The molecule has 0 aromatic carbocycles. The smallest absolute Gasteiger partial charge is 0.212 e. The van der Waals surface area contributed by atoms with E-state index in [-0.39, 0.29) is 0 Å². The summed E-state index contributed by atoms with van der Waals surface area (Å²) in [4.78, 5) is 8.57. The number of aromatic nitrogens is 3. The van der Waals surface area contributed by atoms with Crippen LogP contribution in [0, 0.1) is 0 Å². The third-order valence-corrected chi connectivity index (χ3v) is 4.66. The van der Waals surface area contributed by atoms with Crippen LogP contribution >= 0.6 is 0 Å². The predicted molar refractivity (Wildman–Crippen MR) is 103 cm³/mol. The van der Waals surface area contributed by atoms with E-state index in [4.69, 9.17) is 9.84 Å². The summed E-state index contributed by atoms with van der Waals surface area (Å²) in [6.07, 6.45) is 7.07. The van der Waals surface area contributed by atoms with Crippen molar-refractivity contribution in [2.75, 3.05) is 14.2 Å². The van der Waals surface area contributed by atoms with Gasteiger partial charge < -0.3 is 15.4 Å². The van der Waals surface area contributed by atoms with Gasteiger partial charge in [-0.1, -0.05) is 6.07 Å². The van der Waals surface area contributed by atoms with Crippen molar-refractivity contribution in [3.8, 4) is 5.88 Å². The number of fused-ring (bicyclic) bond motifs is 1. The van der Waals surface area contributed by atoms with Crippen LogP contribution in [0.25, 0.3) is 0 Å². The van der Waals surface area contributed by atoms with Gasteiger partial charge in [-0.15, -0.1) is 0 Å². The number of aryl methyl sites for hydroxylation is 1. The van der Waals surface area contributed by atoms with E-state index in [1.54, 1.807) is 14.2 Å². The van der Waals surface area contributed by atoms with Gasteiger partial charge in [0.05, 0.1) is 12.8 Å². The average molecular weight is 356 g/mol. The molecular formula is C19H28N6O. The van der Waals surface area contributed by atoms with Gasteiger partial charge in [-0.25, -0.2) is 4.98 Å². The first kappa shape index (κ1) is 18.2. The van der Waals surface area contributed by atoms with E-state index in [2.05, 4.69) is 45.3 Å². The fourth-order valence-corrected chi connectivity index (χ4v) is 3.11. The minimum Gasteiger partial charge on any atom is -0.481 e. The third kappa shape index (κ3) is 4.33. The summed E-state index contributed by atoms with van der Waals surface area (Å²) in [5.41, 5.74) is 3.66. The average Bonchev–Trinajstić information content (AvgIpc) is 3.09. The fourth-order valence-electron chi connectivity index (χ4n) is 3.11. The molecule has 2 N–H and O–H groups in total. The number of pyridine rings is 1. The lowest BCUT2D eigenvalue weighted by Gasteiger charge is -2.24. The van der Waals surface area contributed by atoms with E-state index < -0.39 is 0 Å². The minimum atomic E-state index is 0.346. The number of hydrogen-bond acceptors (Lipinski definition) is 4. The second kappa shape index (κ2) is 8.21. The highest BCUT2D eigenvalue weighted by Gasteiger charge is 2.22. The summed E-state index contributed by atoms with van der Waals surface area (Å²) in [5, 5.41) is 11.6. The summed E-state index contributed by atoms with van der Waals surface area (Å²) in [5.74, 6) is 1.42. The minimum absolute atomic E-state index is 0.346. The molecule has 2 aromatic rings. The van der Waals surface area contributed by atoms with E-state index >= 15 is 0 Å². The molecule has 0 radical (unpaired) electrons. The molecule has 140 valence electrons. The van der Waals surface area contributed by atoms with E-state index in [0.29, 0.717) is 24.5 Å². The highest BCUT2D eigenvalue weighted by atomic mass is 16.5. The maximum atomic E-state index is 5.09. The number of rotatable bonds is 5. The predicted octanol–water partition coefficient (Wildman–Crippen LogP) is 2.09. The van der Waals surface area contributed by atoms with Crippen molar-refractivity contribution in [1.29, 1.82) is 0 Å². The maximum Gasteiger partial charge on any atom is 0.212 e. The highest BCUT2D eigenvalue weighted by molar-refractivity contribution is 5.80. The molecular weight excluding hydrogens is 328 g/mol. The van der Waals surface area contributed by atoms with Gasteiger partial charge in [0.25, 0.3) is 0 Å². The van der Waals surface area contributed by atoms with Gasteiger partial charge in [-0.3, -0.25) is 9.67 Å². The molecule has 0 fully saturated rings. The molecule has 0 aliphatic heterocycles. The molecule has 0 saturated carbocycles. The topological polar surface area (TPSA) is 76.4 Å². The summed E-state index contributed by atoms with van der Waals surface area (Å²) in [6, 6.07) is 4.61. The van der Waals surface area contributed by atoms with Crippen molar-refractivity contribution >= 4 is 5.96 Å². The van der Waals surface area contributed by atoms with Gasteiger partial charge in [0.15, 0.2) is 5.96 Å². The zero-order chi connectivity index (χ0) is 18.5. The molecule has 3 rings (SSSR count). The lowest BCUT2D eigenvalue weighted by atomic mass is 9.94. The zero-order valence-corrected chi connectivity index (χ0v) is 16.0. The molecule has 7 nitrogen and oxygen atoms in total. The van der Waals surface area contributed by atoms with Crippen molar-refractivity contribution in [2.45, 2.75) is 51.7 Å². The molecule has 1 aliphatic carbocycles. The molecule has 2 heterocycles. The van der Waals surface area contributed by atoms with Gasteiger partial charge in [0.1, 0.15) is 0 Å². The van der Waals surface area contributed by atoms with E-state index in [1.807, 2.05) is 18.3 Å². The molecule has 1 unspecified atom stereocenters. The molecule has 0 amide bonds. The van der Waals surface area contributed by atoms with Gasteiger partial charge >= 0.3 is 0 Å². The number of aliphatic imine (C=N–C) groups is 1. The highest BCUT2D eigenvalue weighted by Crippen LogP contribution is 2.21. The number of ether oxygens (including phenoxy) is 1. The second-order valence-corrected chi connectivity index (χ2v) is 6.89. The number of nitrogens with zero attached hydrogens (tertiary/aromatic N) is 4.